The summed E-state index contributed by atoms with van der Waals surface area (Å²) in [6.07, 6.45) is 20.9. The molecule has 1 aromatic carbocycles. The van der Waals surface area contributed by atoms with E-state index in [4.69, 9.17) is 4.74 Å². The van der Waals surface area contributed by atoms with Crippen LogP contribution >= 0.6 is 0 Å². The number of carbonyl (C=O) groups excluding carboxylic acids is 1. The SMILES string of the molecule is C=CCCCCCCCCCC[C@@H]1Cc2cc(O)ccc2C2CC[C@@]3(C)C(CC[C@@H]3OC(C)=O)C21. The zero-order chi connectivity index (χ0) is 24.8. The predicted molar refractivity (Wildman–Crippen MR) is 144 cm³/mol. The van der Waals surface area contributed by atoms with Gasteiger partial charge in [0.2, 0.25) is 0 Å². The molecular weight excluding hydrogens is 432 g/mol. The molecule has 2 fully saturated rings. The summed E-state index contributed by atoms with van der Waals surface area (Å²) in [4.78, 5) is 11.8. The molecule has 0 saturated heterocycles. The molecular formula is C32H48O3. The Morgan fingerprint density at radius 1 is 1.09 bits per heavy atom. The number of carbonyl (C=O) groups is 1. The summed E-state index contributed by atoms with van der Waals surface area (Å²) < 4.78 is 5.87. The number of hydrogen-bond donors (Lipinski definition) is 1. The number of hydrogen-bond acceptors (Lipinski definition) is 3. The largest absolute Gasteiger partial charge is 0.508 e. The highest BCUT2D eigenvalue weighted by molar-refractivity contribution is 5.66. The molecule has 3 aliphatic carbocycles. The normalized spacial score (nSPS) is 31.3. The van der Waals surface area contributed by atoms with Crippen LogP contribution < -0.4 is 0 Å². The Kier molecular flexibility index (Phi) is 9.00. The Morgan fingerprint density at radius 3 is 2.51 bits per heavy atom. The van der Waals surface area contributed by atoms with Gasteiger partial charge in [-0.3, -0.25) is 4.79 Å². The van der Waals surface area contributed by atoms with Gasteiger partial charge in [0.15, 0.2) is 0 Å². The van der Waals surface area contributed by atoms with E-state index in [1.807, 2.05) is 18.2 Å². The van der Waals surface area contributed by atoms with Crippen molar-refractivity contribution in [3.05, 3.63) is 42.0 Å². The molecule has 0 heterocycles. The number of allylic oxidation sites excluding steroid dienone is 1. The zero-order valence-corrected chi connectivity index (χ0v) is 22.3. The molecule has 4 rings (SSSR count). The van der Waals surface area contributed by atoms with E-state index in [0.29, 0.717) is 29.4 Å². The molecule has 194 valence electrons. The van der Waals surface area contributed by atoms with Crippen LogP contribution in [0, 0.1) is 23.2 Å². The van der Waals surface area contributed by atoms with Crippen molar-refractivity contribution in [3.8, 4) is 5.75 Å². The second-order valence-electron chi connectivity index (χ2n) is 12.1. The Labute approximate surface area is 213 Å². The third-order valence-electron chi connectivity index (χ3n) is 9.84. The summed E-state index contributed by atoms with van der Waals surface area (Å²) in [6.45, 7) is 7.79. The second-order valence-corrected chi connectivity index (χ2v) is 12.1. The van der Waals surface area contributed by atoms with Crippen molar-refractivity contribution < 1.29 is 14.6 Å². The van der Waals surface area contributed by atoms with Crippen molar-refractivity contribution in [3.63, 3.8) is 0 Å². The van der Waals surface area contributed by atoms with Crippen molar-refractivity contribution in [1.29, 1.82) is 0 Å². The summed E-state index contributed by atoms with van der Waals surface area (Å²) in [5, 5.41) is 10.2. The first-order chi connectivity index (χ1) is 16.9. The Hall–Kier alpha value is -1.77. The molecule has 0 bridgehead atoms. The number of rotatable bonds is 12. The Morgan fingerprint density at radius 2 is 1.80 bits per heavy atom. The molecule has 3 nitrogen and oxygen atoms in total. The molecule has 3 unspecified atom stereocenters. The maximum atomic E-state index is 11.8. The fourth-order valence-corrected chi connectivity index (χ4v) is 8.16. The average molecular weight is 481 g/mol. The third-order valence-corrected chi connectivity index (χ3v) is 9.84. The van der Waals surface area contributed by atoms with Crippen LogP contribution in [0.1, 0.15) is 121 Å². The molecule has 0 amide bonds. The summed E-state index contributed by atoms with van der Waals surface area (Å²) in [5.41, 5.74) is 2.98. The number of fused-ring (bicyclic) bond motifs is 5. The molecule has 1 aromatic rings. The van der Waals surface area contributed by atoms with Crippen LogP contribution in [0.25, 0.3) is 0 Å². The highest BCUT2D eigenvalue weighted by Crippen LogP contribution is 2.63. The van der Waals surface area contributed by atoms with Gasteiger partial charge < -0.3 is 9.84 Å². The topological polar surface area (TPSA) is 46.5 Å². The summed E-state index contributed by atoms with van der Waals surface area (Å²) in [6, 6.07) is 6.13. The van der Waals surface area contributed by atoms with E-state index in [1.54, 1.807) is 6.92 Å². The lowest BCUT2D eigenvalue weighted by molar-refractivity contribution is -0.155. The van der Waals surface area contributed by atoms with Crippen molar-refractivity contribution in [2.75, 3.05) is 0 Å². The maximum absolute atomic E-state index is 11.8. The lowest BCUT2D eigenvalue weighted by atomic mass is 9.52. The first-order valence-electron chi connectivity index (χ1n) is 14.5. The van der Waals surface area contributed by atoms with Crippen molar-refractivity contribution >= 4 is 5.97 Å². The zero-order valence-electron chi connectivity index (χ0n) is 22.3. The smallest absolute Gasteiger partial charge is 0.302 e. The van der Waals surface area contributed by atoms with E-state index in [9.17, 15) is 9.90 Å². The Bertz CT molecular complexity index is 860. The van der Waals surface area contributed by atoms with Gasteiger partial charge in [0.25, 0.3) is 0 Å². The minimum atomic E-state index is -0.124. The van der Waals surface area contributed by atoms with Crippen molar-refractivity contribution in [2.45, 2.75) is 122 Å². The molecule has 6 atom stereocenters. The second kappa shape index (κ2) is 12.0. The maximum Gasteiger partial charge on any atom is 0.302 e. The van der Waals surface area contributed by atoms with Gasteiger partial charge in [0.05, 0.1) is 0 Å². The lowest BCUT2D eigenvalue weighted by Crippen LogP contribution is -2.48. The molecule has 0 aliphatic heterocycles. The number of benzene rings is 1. The number of aromatic hydroxyl groups is 1. The van der Waals surface area contributed by atoms with Gasteiger partial charge in [-0.2, -0.15) is 0 Å². The number of unbranched alkanes of at least 4 members (excludes halogenated alkanes) is 8. The molecule has 0 aromatic heterocycles. The number of phenolic OH excluding ortho intramolecular Hbond substituents is 1. The van der Waals surface area contributed by atoms with E-state index in [0.717, 1.165) is 25.7 Å². The van der Waals surface area contributed by atoms with Crippen LogP contribution in [0.4, 0.5) is 0 Å². The quantitative estimate of drug-likeness (QED) is 0.185. The fourth-order valence-electron chi connectivity index (χ4n) is 8.16. The molecule has 2 saturated carbocycles. The van der Waals surface area contributed by atoms with Crippen LogP contribution in [0.3, 0.4) is 0 Å². The van der Waals surface area contributed by atoms with E-state index >= 15 is 0 Å². The number of ether oxygens (including phenoxy) is 1. The van der Waals surface area contributed by atoms with Crippen LogP contribution in [0.15, 0.2) is 30.9 Å². The third kappa shape index (κ3) is 5.97. The highest BCUT2D eigenvalue weighted by atomic mass is 16.5. The molecule has 3 aliphatic rings. The minimum absolute atomic E-state index is 0.0827. The first-order valence-corrected chi connectivity index (χ1v) is 14.5. The lowest BCUT2D eigenvalue weighted by Gasteiger charge is -2.53. The number of esters is 1. The standard InChI is InChI=1S/C32H48O3/c1-4-5-6-7-8-9-10-11-12-13-14-24-21-25-22-26(34)15-16-27(25)28-19-20-32(3)29(31(24)28)17-18-30(32)35-23(2)33/h4,15-16,22,24,28-31,34H,1,5-14,17-21H2,2-3H3/t24-,28?,29?,30+,31?,32+/m1/s1. The molecule has 0 spiro atoms. The van der Waals surface area contributed by atoms with Gasteiger partial charge >= 0.3 is 5.97 Å². The van der Waals surface area contributed by atoms with Gasteiger partial charge in [-0.1, -0.05) is 64.0 Å². The van der Waals surface area contributed by atoms with Gasteiger partial charge in [-0.25, -0.2) is 0 Å². The molecule has 3 heteroatoms. The van der Waals surface area contributed by atoms with Gasteiger partial charge in [-0.05, 0) is 98.3 Å². The molecule has 0 radical (unpaired) electrons. The van der Waals surface area contributed by atoms with Gasteiger partial charge in [-0.15, -0.1) is 6.58 Å². The van der Waals surface area contributed by atoms with Gasteiger partial charge in [0, 0.05) is 12.3 Å². The van der Waals surface area contributed by atoms with Crippen LogP contribution in [0.2, 0.25) is 0 Å². The summed E-state index contributed by atoms with van der Waals surface area (Å²) >= 11 is 0. The summed E-state index contributed by atoms with van der Waals surface area (Å²) in [5.74, 6) is 2.86. The average Bonchev–Trinajstić information content (AvgIpc) is 3.15. The van der Waals surface area contributed by atoms with E-state index in [1.165, 1.54) is 81.8 Å². The van der Waals surface area contributed by atoms with E-state index < -0.39 is 0 Å². The van der Waals surface area contributed by atoms with Crippen LogP contribution in [-0.4, -0.2) is 17.2 Å². The van der Waals surface area contributed by atoms with Crippen LogP contribution in [-0.2, 0) is 16.0 Å². The molecule has 35 heavy (non-hydrogen) atoms. The Balaban J connectivity index is 1.39. The van der Waals surface area contributed by atoms with Gasteiger partial charge in [0.1, 0.15) is 11.9 Å². The monoisotopic (exact) mass is 480 g/mol. The fraction of sp³-hybridized carbons (Fsp3) is 0.719. The number of phenols is 1. The van der Waals surface area contributed by atoms with Crippen molar-refractivity contribution in [1.82, 2.24) is 0 Å². The van der Waals surface area contributed by atoms with E-state index in [-0.39, 0.29) is 17.5 Å². The summed E-state index contributed by atoms with van der Waals surface area (Å²) in [7, 11) is 0. The van der Waals surface area contributed by atoms with E-state index in [2.05, 4.69) is 19.6 Å². The van der Waals surface area contributed by atoms with Crippen LogP contribution in [0.5, 0.6) is 5.75 Å². The first kappa shape index (κ1) is 26.3. The highest BCUT2D eigenvalue weighted by Gasteiger charge is 2.57. The van der Waals surface area contributed by atoms with Crippen molar-refractivity contribution in [2.24, 2.45) is 23.2 Å². The minimum Gasteiger partial charge on any atom is -0.508 e. The molecule has 1 N–H and O–H groups in total. The predicted octanol–water partition coefficient (Wildman–Crippen LogP) is 8.49.